The molecule has 0 saturated heterocycles. The van der Waals surface area contributed by atoms with Gasteiger partial charge in [-0.2, -0.15) is 22.8 Å². The van der Waals surface area contributed by atoms with E-state index in [0.29, 0.717) is 21.8 Å². The van der Waals surface area contributed by atoms with Gasteiger partial charge >= 0.3 is 18.9 Å². The van der Waals surface area contributed by atoms with Gasteiger partial charge in [-0.25, -0.2) is 17.6 Å². The molecular weight excluding hydrogens is 1020 g/mol. The van der Waals surface area contributed by atoms with E-state index in [1.165, 1.54) is 25.1 Å². The molecule has 9 aromatic rings. The molecule has 0 saturated carbocycles. The summed E-state index contributed by atoms with van der Waals surface area (Å²) in [5.74, 6) is -4.02. The minimum Gasteiger partial charge on any atom is -0.406 e. The maximum atomic E-state index is 14.0. The zero-order valence-corrected chi connectivity index (χ0v) is 39.4. The Morgan fingerprint density at radius 2 is 1.12 bits per heavy atom. The molecule has 0 aliphatic carbocycles. The molecule has 0 fully saturated rings. The van der Waals surface area contributed by atoms with Gasteiger partial charge in [0.05, 0.1) is 35.1 Å². The van der Waals surface area contributed by atoms with E-state index in [2.05, 4.69) is 55.1 Å². The van der Waals surface area contributed by atoms with E-state index in [-0.39, 0.29) is 45.2 Å². The summed E-state index contributed by atoms with van der Waals surface area (Å²) in [5.41, 5.74) is 3.24. The van der Waals surface area contributed by atoms with Gasteiger partial charge in [0.25, 0.3) is 12.2 Å². The van der Waals surface area contributed by atoms with Crippen molar-refractivity contribution in [2.24, 2.45) is 0 Å². The molecule has 6 aromatic heterocycles. The summed E-state index contributed by atoms with van der Waals surface area (Å²) >= 11 is 0. The molecule has 0 aliphatic heterocycles. The summed E-state index contributed by atoms with van der Waals surface area (Å²) in [7, 11) is 1.69. The number of aryl methyl sites for hydroxylation is 1. The third kappa shape index (κ3) is 13.1. The van der Waals surface area contributed by atoms with Crippen LogP contribution >= 0.6 is 0 Å². The summed E-state index contributed by atoms with van der Waals surface area (Å²) < 4.78 is 181. The molecule has 6 heterocycles. The lowest BCUT2D eigenvalue weighted by Gasteiger charge is -2.23. The van der Waals surface area contributed by atoms with E-state index in [1.807, 2.05) is 52.0 Å². The number of hydrogen-bond donors (Lipinski definition) is 0. The minimum atomic E-state index is -4.96. The molecule has 74 heavy (non-hydrogen) atoms. The number of nitrogens with zero attached hydrogens (tertiary/aromatic N) is 12. The SMILES string of the molecule is CC.COC(C)(C)c1ccc(-c2cn3c(C(C)F)nnc3cn2)cc1.Cc1ccc(OC(F)(F)F)cc1-c1ccc2nnc(C(F)(F)F)n2n1.Fc1cc(OC(F)(F)F)ccc1-c1cn2c(C(F)F)nnc2cn1. The van der Waals surface area contributed by atoms with Crippen LogP contribution in [0.15, 0.2) is 97.6 Å². The van der Waals surface area contributed by atoms with Crippen LogP contribution in [0, 0.1) is 12.7 Å². The Kier molecular flexibility index (Phi) is 16.4. The molecule has 0 amide bonds. The summed E-state index contributed by atoms with van der Waals surface area (Å²) in [5, 5.41) is 24.8. The van der Waals surface area contributed by atoms with Crippen LogP contribution in [0.5, 0.6) is 11.5 Å². The first kappa shape index (κ1) is 55.3. The lowest BCUT2D eigenvalue weighted by molar-refractivity contribution is -0.275. The normalized spacial score (nSPS) is 12.4. The molecular formula is C46H39F13N12O3. The Morgan fingerprint density at radius 1 is 0.581 bits per heavy atom. The van der Waals surface area contributed by atoms with Gasteiger partial charge in [0.2, 0.25) is 5.82 Å². The minimum absolute atomic E-state index is 0.0166. The quantitative estimate of drug-likeness (QED) is 0.126. The first-order chi connectivity index (χ1) is 34.7. The van der Waals surface area contributed by atoms with E-state index in [1.54, 1.807) is 30.8 Å². The number of halogens is 13. The molecule has 3 aromatic carbocycles. The molecule has 0 aliphatic rings. The van der Waals surface area contributed by atoms with Crippen LogP contribution in [0.2, 0.25) is 0 Å². The summed E-state index contributed by atoms with van der Waals surface area (Å²) in [6.07, 6.45) is -13.2. The van der Waals surface area contributed by atoms with Crippen molar-refractivity contribution in [1.82, 2.24) is 59.0 Å². The monoisotopic (exact) mass is 1050 g/mol. The van der Waals surface area contributed by atoms with Crippen LogP contribution in [0.4, 0.5) is 57.1 Å². The van der Waals surface area contributed by atoms with E-state index in [0.717, 1.165) is 57.9 Å². The Labute approximate surface area is 409 Å². The van der Waals surface area contributed by atoms with Crippen LogP contribution in [0.25, 0.3) is 50.7 Å². The zero-order valence-electron chi connectivity index (χ0n) is 39.4. The van der Waals surface area contributed by atoms with Crippen molar-refractivity contribution in [3.05, 3.63) is 132 Å². The van der Waals surface area contributed by atoms with Crippen molar-refractivity contribution < 1.29 is 71.3 Å². The number of benzene rings is 3. The second-order valence-corrected chi connectivity index (χ2v) is 15.6. The lowest BCUT2D eigenvalue weighted by atomic mass is 9.96. The van der Waals surface area contributed by atoms with E-state index >= 15 is 0 Å². The van der Waals surface area contributed by atoms with Gasteiger partial charge < -0.3 is 14.2 Å². The Balaban J connectivity index is 0.000000178. The third-order valence-electron chi connectivity index (χ3n) is 10.3. The van der Waals surface area contributed by atoms with Gasteiger partial charge in [0.15, 0.2) is 28.9 Å². The summed E-state index contributed by atoms with van der Waals surface area (Å²) in [6.45, 7) is 11.0. The Hall–Kier alpha value is -8.04. The number of fused-ring (bicyclic) bond motifs is 3. The van der Waals surface area contributed by atoms with E-state index in [4.69, 9.17) is 4.74 Å². The van der Waals surface area contributed by atoms with Crippen molar-refractivity contribution in [1.29, 1.82) is 0 Å². The predicted molar refractivity (Wildman–Crippen MR) is 238 cm³/mol. The maximum absolute atomic E-state index is 14.0. The molecule has 0 spiro atoms. The van der Waals surface area contributed by atoms with Crippen molar-refractivity contribution in [3.8, 4) is 45.3 Å². The highest BCUT2D eigenvalue weighted by Gasteiger charge is 2.38. The van der Waals surface area contributed by atoms with Gasteiger partial charge in [0, 0.05) is 42.3 Å². The average Bonchev–Trinajstić information content (AvgIpc) is 4.09. The number of aromatic nitrogens is 12. The number of alkyl halides is 12. The third-order valence-corrected chi connectivity index (χ3v) is 10.3. The van der Waals surface area contributed by atoms with E-state index in [9.17, 15) is 57.1 Å². The molecule has 28 heteroatoms. The fourth-order valence-electron chi connectivity index (χ4n) is 6.59. The number of methoxy groups -OCH3 is 1. The van der Waals surface area contributed by atoms with Crippen molar-refractivity contribution in [2.45, 2.75) is 78.6 Å². The van der Waals surface area contributed by atoms with E-state index < -0.39 is 60.5 Å². The van der Waals surface area contributed by atoms with Gasteiger partial charge in [-0.3, -0.25) is 18.8 Å². The molecule has 9 rings (SSSR count). The van der Waals surface area contributed by atoms with Gasteiger partial charge in [-0.15, -0.1) is 56.9 Å². The topological polar surface area (TPSA) is 157 Å². The average molecular weight is 1050 g/mol. The second kappa shape index (κ2) is 22.0. The number of rotatable bonds is 9. The molecule has 0 radical (unpaired) electrons. The van der Waals surface area contributed by atoms with Gasteiger partial charge in [0.1, 0.15) is 17.3 Å². The first-order valence-electron chi connectivity index (χ1n) is 21.4. The van der Waals surface area contributed by atoms with Crippen LogP contribution in [-0.2, 0) is 16.5 Å². The lowest BCUT2D eigenvalue weighted by Crippen LogP contribution is -2.19. The molecule has 0 bridgehead atoms. The largest absolute Gasteiger partial charge is 0.573 e. The standard InChI is InChI=1S/C17H19FN4O.C14H8F6N4O.C13H6F6N4O.C2H6/c1-11(18)16-21-20-15-9-19-14(10-22(15)16)12-5-7-13(8-6-12)17(2,3)23-4;1-7-2-3-8(25-14(18,19)20)6-9(7)10-4-5-11-21-22-12(13(15,16)17)24(11)23-10;14-8-3-6(24-13(17,18)19)1-2-7(8)9-5-23-10(4-20-9)21-22-12(23)11(15)16;1-2/h5-11H,1-4H3;2-6H,1H3;1-5,11H;1-2H3. The van der Waals surface area contributed by atoms with Crippen LogP contribution < -0.4 is 9.47 Å². The Bertz CT molecular complexity index is 3350. The predicted octanol–water partition coefficient (Wildman–Crippen LogP) is 12.5. The van der Waals surface area contributed by atoms with Gasteiger partial charge in [-0.05, 0) is 75.2 Å². The van der Waals surface area contributed by atoms with Crippen LogP contribution in [-0.4, -0.2) is 78.8 Å². The van der Waals surface area contributed by atoms with Crippen LogP contribution in [0.1, 0.15) is 75.8 Å². The zero-order chi connectivity index (χ0) is 54.5. The van der Waals surface area contributed by atoms with Crippen molar-refractivity contribution in [2.75, 3.05) is 7.11 Å². The van der Waals surface area contributed by atoms with Crippen molar-refractivity contribution in [3.63, 3.8) is 0 Å². The highest BCUT2D eigenvalue weighted by molar-refractivity contribution is 5.66. The molecule has 392 valence electrons. The maximum Gasteiger partial charge on any atom is 0.573 e. The smallest absolute Gasteiger partial charge is 0.406 e. The Morgan fingerprint density at radius 3 is 1.68 bits per heavy atom. The van der Waals surface area contributed by atoms with Crippen LogP contribution in [0.3, 0.4) is 0 Å². The van der Waals surface area contributed by atoms with Gasteiger partial charge in [-0.1, -0.05) is 44.2 Å². The summed E-state index contributed by atoms with van der Waals surface area (Å²) in [6, 6.07) is 16.5. The fourth-order valence-corrected chi connectivity index (χ4v) is 6.59. The van der Waals surface area contributed by atoms with Crippen molar-refractivity contribution >= 4 is 16.9 Å². The number of ether oxygens (including phenoxy) is 3. The first-order valence-corrected chi connectivity index (χ1v) is 21.4. The fraction of sp³-hybridized carbons (Fsp3) is 0.283. The molecule has 0 N–H and O–H groups in total. The highest BCUT2D eigenvalue weighted by Crippen LogP contribution is 2.33. The molecule has 1 unspecified atom stereocenters. The number of hydrogen-bond acceptors (Lipinski definition) is 12. The second-order valence-electron chi connectivity index (χ2n) is 15.6. The highest BCUT2D eigenvalue weighted by atomic mass is 19.4. The summed E-state index contributed by atoms with van der Waals surface area (Å²) in [4.78, 5) is 8.23. The molecule has 15 nitrogen and oxygen atoms in total. The molecule has 1 atom stereocenters.